The van der Waals surface area contributed by atoms with Gasteiger partial charge < -0.3 is 4.74 Å². The van der Waals surface area contributed by atoms with Crippen molar-refractivity contribution in [1.82, 2.24) is 14.8 Å². The van der Waals surface area contributed by atoms with Crippen LogP contribution in [0, 0.1) is 0 Å². The first kappa shape index (κ1) is 18.5. The Morgan fingerprint density at radius 1 is 1.14 bits per heavy atom. The third-order valence-corrected chi connectivity index (χ3v) is 5.46. The standard InChI is InChI=1S/C18H14F3N3O3S/c1-28(25,26)13-4-5-17(22-10-13)24-14(9-16(23-24)18(19,20)21)12-3-2-11-6-7-27-15(11)8-12/h2-5,8-10H,6-7H2,1H3. The lowest BCUT2D eigenvalue weighted by molar-refractivity contribution is -0.141. The predicted octanol–water partition coefficient (Wildman–Crippen LogP) is 3.29. The highest BCUT2D eigenvalue weighted by Crippen LogP contribution is 2.35. The molecule has 3 heterocycles. The van der Waals surface area contributed by atoms with Crippen LogP contribution in [0.25, 0.3) is 17.1 Å². The highest BCUT2D eigenvalue weighted by Gasteiger charge is 2.35. The van der Waals surface area contributed by atoms with E-state index in [1.165, 1.54) is 12.1 Å². The van der Waals surface area contributed by atoms with Gasteiger partial charge in [-0.1, -0.05) is 12.1 Å². The van der Waals surface area contributed by atoms with Gasteiger partial charge in [-0.05, 0) is 29.8 Å². The number of sulfone groups is 1. The van der Waals surface area contributed by atoms with Gasteiger partial charge >= 0.3 is 6.18 Å². The summed E-state index contributed by atoms with van der Waals surface area (Å²) in [6.45, 7) is 0.528. The molecule has 0 N–H and O–H groups in total. The molecular formula is C18H14F3N3O3S. The molecule has 0 saturated heterocycles. The number of halogens is 3. The van der Waals surface area contributed by atoms with Crippen molar-refractivity contribution in [3.05, 3.63) is 53.9 Å². The molecule has 1 aromatic carbocycles. The molecule has 0 atom stereocenters. The maximum atomic E-state index is 13.3. The molecule has 0 unspecified atom stereocenters. The quantitative estimate of drug-likeness (QED) is 0.664. The van der Waals surface area contributed by atoms with Crippen LogP contribution >= 0.6 is 0 Å². The monoisotopic (exact) mass is 409 g/mol. The highest BCUT2D eigenvalue weighted by molar-refractivity contribution is 7.90. The second-order valence-electron chi connectivity index (χ2n) is 6.37. The van der Waals surface area contributed by atoms with Crippen LogP contribution in [0.2, 0.25) is 0 Å². The van der Waals surface area contributed by atoms with Crippen molar-refractivity contribution in [3.63, 3.8) is 0 Å². The fourth-order valence-electron chi connectivity index (χ4n) is 2.94. The van der Waals surface area contributed by atoms with Crippen LogP contribution < -0.4 is 4.74 Å². The van der Waals surface area contributed by atoms with Crippen molar-refractivity contribution in [1.29, 1.82) is 0 Å². The summed E-state index contributed by atoms with van der Waals surface area (Å²) < 4.78 is 69.5. The molecule has 0 radical (unpaired) electrons. The summed E-state index contributed by atoms with van der Waals surface area (Å²) in [5.41, 5.74) is 0.572. The second-order valence-corrected chi connectivity index (χ2v) is 8.39. The van der Waals surface area contributed by atoms with E-state index in [2.05, 4.69) is 10.1 Å². The average molecular weight is 409 g/mol. The summed E-state index contributed by atoms with van der Waals surface area (Å²) in [5, 5.41) is 3.65. The Morgan fingerprint density at radius 3 is 2.57 bits per heavy atom. The normalized spacial score (nSPS) is 14.0. The minimum atomic E-state index is -4.64. The zero-order valence-electron chi connectivity index (χ0n) is 14.6. The summed E-state index contributed by atoms with van der Waals surface area (Å²) in [4.78, 5) is 3.96. The molecule has 10 heteroatoms. The van der Waals surface area contributed by atoms with E-state index >= 15 is 0 Å². The molecular weight excluding hydrogens is 395 g/mol. The van der Waals surface area contributed by atoms with Crippen molar-refractivity contribution < 1.29 is 26.3 Å². The fraction of sp³-hybridized carbons (Fsp3) is 0.222. The van der Waals surface area contributed by atoms with Crippen LogP contribution in [0.5, 0.6) is 5.75 Å². The first-order chi connectivity index (χ1) is 13.1. The molecule has 28 heavy (non-hydrogen) atoms. The minimum Gasteiger partial charge on any atom is -0.493 e. The molecule has 0 saturated carbocycles. The number of fused-ring (bicyclic) bond motifs is 1. The Kier molecular flexibility index (Phi) is 4.18. The molecule has 0 bridgehead atoms. The van der Waals surface area contributed by atoms with E-state index in [9.17, 15) is 21.6 Å². The molecule has 0 fully saturated rings. The Balaban J connectivity index is 1.86. The number of hydrogen-bond donors (Lipinski definition) is 0. The van der Waals surface area contributed by atoms with E-state index in [4.69, 9.17) is 4.74 Å². The maximum absolute atomic E-state index is 13.3. The Hall–Kier alpha value is -2.88. The summed E-state index contributed by atoms with van der Waals surface area (Å²) in [5.74, 6) is 0.693. The zero-order chi connectivity index (χ0) is 20.1. The lowest BCUT2D eigenvalue weighted by atomic mass is 10.1. The van der Waals surface area contributed by atoms with Gasteiger partial charge in [0, 0.05) is 24.4 Å². The van der Waals surface area contributed by atoms with Crippen molar-refractivity contribution in [3.8, 4) is 22.8 Å². The van der Waals surface area contributed by atoms with Crippen molar-refractivity contribution in [2.75, 3.05) is 12.9 Å². The lowest BCUT2D eigenvalue weighted by Gasteiger charge is -2.09. The molecule has 2 aromatic heterocycles. The molecule has 146 valence electrons. The molecule has 0 aliphatic carbocycles. The number of nitrogens with zero attached hydrogens (tertiary/aromatic N) is 3. The Bertz CT molecular complexity index is 1150. The van der Waals surface area contributed by atoms with Crippen LogP contribution in [-0.2, 0) is 22.4 Å². The number of benzene rings is 1. The van der Waals surface area contributed by atoms with Gasteiger partial charge in [-0.15, -0.1) is 0 Å². The number of alkyl halides is 3. The van der Waals surface area contributed by atoms with Gasteiger partial charge in [0.15, 0.2) is 21.3 Å². The molecule has 1 aliphatic heterocycles. The summed E-state index contributed by atoms with van der Waals surface area (Å²) in [6, 6.07) is 8.71. The zero-order valence-corrected chi connectivity index (χ0v) is 15.4. The van der Waals surface area contributed by atoms with Crippen LogP contribution in [0.4, 0.5) is 13.2 Å². The van der Waals surface area contributed by atoms with Gasteiger partial charge in [0.05, 0.1) is 17.2 Å². The van der Waals surface area contributed by atoms with Gasteiger partial charge in [0.1, 0.15) is 5.75 Å². The lowest BCUT2D eigenvalue weighted by Crippen LogP contribution is -2.08. The first-order valence-electron chi connectivity index (χ1n) is 8.23. The van der Waals surface area contributed by atoms with Gasteiger partial charge in [0.2, 0.25) is 0 Å². The molecule has 3 aromatic rings. The summed E-state index contributed by atoms with van der Waals surface area (Å²) in [6.07, 6.45) is -1.78. The third kappa shape index (κ3) is 3.35. The van der Waals surface area contributed by atoms with Crippen molar-refractivity contribution in [2.45, 2.75) is 17.5 Å². The fourth-order valence-corrected chi connectivity index (χ4v) is 3.50. The largest absolute Gasteiger partial charge is 0.493 e. The predicted molar refractivity (Wildman–Crippen MR) is 94.1 cm³/mol. The molecule has 0 amide bonds. The molecule has 6 nitrogen and oxygen atoms in total. The third-order valence-electron chi connectivity index (χ3n) is 4.36. The van der Waals surface area contributed by atoms with Gasteiger partial charge in [-0.2, -0.15) is 18.3 Å². The number of hydrogen-bond acceptors (Lipinski definition) is 5. The van der Waals surface area contributed by atoms with E-state index < -0.39 is 21.7 Å². The number of ether oxygens (including phenoxy) is 1. The van der Waals surface area contributed by atoms with E-state index in [0.717, 1.165) is 35.2 Å². The maximum Gasteiger partial charge on any atom is 0.435 e. The Labute approximate surface area is 158 Å². The number of rotatable bonds is 3. The molecule has 0 spiro atoms. The van der Waals surface area contributed by atoms with Crippen LogP contribution in [-0.4, -0.2) is 36.0 Å². The van der Waals surface area contributed by atoms with Crippen molar-refractivity contribution >= 4 is 9.84 Å². The number of pyridine rings is 1. The van der Waals surface area contributed by atoms with Crippen molar-refractivity contribution in [2.24, 2.45) is 0 Å². The summed E-state index contributed by atoms with van der Waals surface area (Å²) in [7, 11) is -3.48. The van der Waals surface area contributed by atoms with Gasteiger partial charge in [-0.25, -0.2) is 18.1 Å². The minimum absolute atomic E-state index is 0.0352. The van der Waals surface area contributed by atoms with E-state index in [-0.39, 0.29) is 16.4 Å². The average Bonchev–Trinajstić information content (AvgIpc) is 3.27. The smallest absolute Gasteiger partial charge is 0.435 e. The van der Waals surface area contributed by atoms with E-state index in [1.807, 2.05) is 6.07 Å². The Morgan fingerprint density at radius 2 is 1.93 bits per heavy atom. The van der Waals surface area contributed by atoms with E-state index in [0.29, 0.717) is 17.9 Å². The van der Waals surface area contributed by atoms with Crippen LogP contribution in [0.3, 0.4) is 0 Å². The van der Waals surface area contributed by atoms with E-state index in [1.54, 1.807) is 12.1 Å². The molecule has 4 rings (SSSR count). The second kappa shape index (κ2) is 6.33. The highest BCUT2D eigenvalue weighted by atomic mass is 32.2. The molecule has 1 aliphatic rings. The topological polar surface area (TPSA) is 74.1 Å². The van der Waals surface area contributed by atoms with Crippen LogP contribution in [0.1, 0.15) is 11.3 Å². The van der Waals surface area contributed by atoms with Gasteiger partial charge in [0.25, 0.3) is 0 Å². The van der Waals surface area contributed by atoms with Gasteiger partial charge in [-0.3, -0.25) is 0 Å². The SMILES string of the molecule is CS(=O)(=O)c1ccc(-n2nc(C(F)(F)F)cc2-c2ccc3c(c2)OCC3)nc1. The first-order valence-corrected chi connectivity index (χ1v) is 10.1. The summed E-state index contributed by atoms with van der Waals surface area (Å²) >= 11 is 0. The van der Waals surface area contributed by atoms with Crippen LogP contribution in [0.15, 0.2) is 47.5 Å². The number of aromatic nitrogens is 3.